The van der Waals surface area contributed by atoms with Crippen LogP contribution >= 0.6 is 0 Å². The number of carbonyl (C=O) groups excluding carboxylic acids is 1. The van der Waals surface area contributed by atoms with Gasteiger partial charge in [0.25, 0.3) is 0 Å². The average molecular weight is 253 g/mol. The summed E-state index contributed by atoms with van der Waals surface area (Å²) in [6, 6.07) is 0.371. The fourth-order valence-corrected chi connectivity index (χ4v) is 3.07. The maximum Gasteiger partial charge on any atom is 0.221 e. The quantitative estimate of drug-likeness (QED) is 0.767. The number of hydrogen-bond acceptors (Lipinski definition) is 3. The van der Waals surface area contributed by atoms with E-state index in [9.17, 15) is 4.79 Å². The molecule has 18 heavy (non-hydrogen) atoms. The van der Waals surface area contributed by atoms with Crippen molar-refractivity contribution in [2.75, 3.05) is 32.7 Å². The van der Waals surface area contributed by atoms with Crippen molar-refractivity contribution in [2.45, 2.75) is 45.1 Å². The Bertz CT molecular complexity index is 258. The third-order valence-electron chi connectivity index (χ3n) is 4.32. The fraction of sp³-hybridized carbons (Fsp3) is 0.929. The summed E-state index contributed by atoms with van der Waals surface area (Å²) in [5, 5.41) is 6.46. The van der Waals surface area contributed by atoms with Crippen molar-refractivity contribution in [2.24, 2.45) is 5.92 Å². The first-order valence-corrected chi connectivity index (χ1v) is 7.47. The van der Waals surface area contributed by atoms with E-state index < -0.39 is 0 Å². The molecule has 1 atom stereocenters. The minimum atomic E-state index is 0.230. The van der Waals surface area contributed by atoms with Gasteiger partial charge in [0.1, 0.15) is 0 Å². The lowest BCUT2D eigenvalue weighted by atomic mass is 10.1. The van der Waals surface area contributed by atoms with Gasteiger partial charge in [-0.1, -0.05) is 12.8 Å². The minimum Gasteiger partial charge on any atom is -0.356 e. The second kappa shape index (κ2) is 7.10. The Hall–Kier alpha value is -0.610. The molecule has 0 bridgehead atoms. The van der Waals surface area contributed by atoms with Crippen LogP contribution < -0.4 is 10.6 Å². The lowest BCUT2D eigenvalue weighted by Crippen LogP contribution is -2.48. The molecule has 1 amide bonds. The smallest absolute Gasteiger partial charge is 0.221 e. The van der Waals surface area contributed by atoms with Gasteiger partial charge in [0.2, 0.25) is 5.91 Å². The van der Waals surface area contributed by atoms with E-state index in [1.54, 1.807) is 0 Å². The monoisotopic (exact) mass is 253 g/mol. The summed E-state index contributed by atoms with van der Waals surface area (Å²) >= 11 is 0. The highest BCUT2D eigenvalue weighted by Crippen LogP contribution is 2.23. The first-order chi connectivity index (χ1) is 8.75. The molecule has 0 aromatic rings. The van der Waals surface area contributed by atoms with E-state index in [1.807, 2.05) is 0 Å². The molecule has 1 heterocycles. The van der Waals surface area contributed by atoms with E-state index >= 15 is 0 Å². The Kier molecular flexibility index (Phi) is 5.45. The molecule has 4 nitrogen and oxygen atoms in total. The van der Waals surface area contributed by atoms with E-state index in [4.69, 9.17) is 0 Å². The summed E-state index contributed by atoms with van der Waals surface area (Å²) in [6.07, 6.45) is 5.93. The van der Waals surface area contributed by atoms with Gasteiger partial charge in [0.15, 0.2) is 0 Å². The Morgan fingerprint density at radius 1 is 1.33 bits per heavy atom. The van der Waals surface area contributed by atoms with Gasteiger partial charge in [-0.25, -0.2) is 0 Å². The molecule has 4 heteroatoms. The first-order valence-electron chi connectivity index (χ1n) is 7.47. The van der Waals surface area contributed by atoms with Gasteiger partial charge in [-0.2, -0.15) is 0 Å². The zero-order valence-electron chi connectivity index (χ0n) is 11.6. The zero-order valence-corrected chi connectivity index (χ0v) is 11.6. The third kappa shape index (κ3) is 4.25. The number of nitrogens with zero attached hydrogens (tertiary/aromatic N) is 1. The molecule has 2 N–H and O–H groups in total. The molecule has 0 aromatic heterocycles. The molecule has 0 aromatic carbocycles. The van der Waals surface area contributed by atoms with Crippen LogP contribution in [0.2, 0.25) is 0 Å². The highest BCUT2D eigenvalue weighted by Gasteiger charge is 2.20. The number of amides is 1. The predicted octanol–water partition coefficient (Wildman–Crippen LogP) is 0.977. The summed E-state index contributed by atoms with van der Waals surface area (Å²) in [7, 11) is 0. The summed E-state index contributed by atoms with van der Waals surface area (Å²) in [5.41, 5.74) is 0. The molecule has 104 valence electrons. The summed E-state index contributed by atoms with van der Waals surface area (Å²) in [4.78, 5) is 14.3. The Morgan fingerprint density at radius 3 is 2.67 bits per heavy atom. The Balaban J connectivity index is 1.62. The van der Waals surface area contributed by atoms with Crippen molar-refractivity contribution < 1.29 is 4.79 Å². The van der Waals surface area contributed by atoms with E-state index in [0.29, 0.717) is 12.5 Å². The van der Waals surface area contributed by atoms with E-state index in [2.05, 4.69) is 22.5 Å². The first kappa shape index (κ1) is 13.8. The number of hydrogen-bond donors (Lipinski definition) is 2. The molecule has 2 aliphatic rings. The van der Waals surface area contributed by atoms with Gasteiger partial charge >= 0.3 is 0 Å². The summed E-state index contributed by atoms with van der Waals surface area (Å²) in [6.45, 7) is 7.30. The topological polar surface area (TPSA) is 44.4 Å². The second-order valence-electron chi connectivity index (χ2n) is 5.79. The Labute approximate surface area is 110 Å². The van der Waals surface area contributed by atoms with Gasteiger partial charge in [0, 0.05) is 45.2 Å². The normalized spacial score (nSPS) is 24.1. The second-order valence-corrected chi connectivity index (χ2v) is 5.79. The molecule has 1 saturated carbocycles. The van der Waals surface area contributed by atoms with Crippen molar-refractivity contribution in [1.82, 2.24) is 15.5 Å². The van der Waals surface area contributed by atoms with Crippen LogP contribution in [-0.4, -0.2) is 49.6 Å². The molecule has 2 rings (SSSR count). The largest absolute Gasteiger partial charge is 0.356 e. The van der Waals surface area contributed by atoms with E-state index in [-0.39, 0.29) is 5.91 Å². The SMILES string of the molecule is CC(CC(=O)NCC1CCCC1)N1CCNCC1. The van der Waals surface area contributed by atoms with Gasteiger partial charge < -0.3 is 10.6 Å². The fourth-order valence-electron chi connectivity index (χ4n) is 3.07. The molecule has 0 spiro atoms. The maximum atomic E-state index is 11.9. The highest BCUT2D eigenvalue weighted by atomic mass is 16.1. The average Bonchev–Trinajstić information content (AvgIpc) is 2.90. The minimum absolute atomic E-state index is 0.230. The molecule has 0 radical (unpaired) electrons. The summed E-state index contributed by atoms with van der Waals surface area (Å²) < 4.78 is 0. The van der Waals surface area contributed by atoms with Gasteiger partial charge in [-0.05, 0) is 25.7 Å². The van der Waals surface area contributed by atoms with Crippen molar-refractivity contribution in [3.63, 3.8) is 0 Å². The lowest BCUT2D eigenvalue weighted by molar-refractivity contribution is -0.122. The number of piperazine rings is 1. The van der Waals surface area contributed by atoms with Crippen LogP contribution in [-0.2, 0) is 4.79 Å². The molecule has 1 aliphatic carbocycles. The molecular weight excluding hydrogens is 226 g/mol. The predicted molar refractivity (Wildman–Crippen MR) is 73.5 cm³/mol. The van der Waals surface area contributed by atoms with Crippen molar-refractivity contribution in [3.8, 4) is 0 Å². The van der Waals surface area contributed by atoms with Gasteiger partial charge in [-0.15, -0.1) is 0 Å². The van der Waals surface area contributed by atoms with Crippen molar-refractivity contribution in [3.05, 3.63) is 0 Å². The molecular formula is C14H27N3O. The van der Waals surface area contributed by atoms with Crippen LogP contribution in [0.1, 0.15) is 39.0 Å². The number of rotatable bonds is 5. The number of nitrogens with one attached hydrogen (secondary N) is 2. The third-order valence-corrected chi connectivity index (χ3v) is 4.32. The van der Waals surface area contributed by atoms with Crippen LogP contribution in [0, 0.1) is 5.92 Å². The Morgan fingerprint density at radius 2 is 2.00 bits per heavy atom. The van der Waals surface area contributed by atoms with Crippen LogP contribution in [0.3, 0.4) is 0 Å². The van der Waals surface area contributed by atoms with Gasteiger partial charge in [0.05, 0.1) is 0 Å². The van der Waals surface area contributed by atoms with E-state index in [1.165, 1.54) is 25.7 Å². The highest BCUT2D eigenvalue weighted by molar-refractivity contribution is 5.76. The van der Waals surface area contributed by atoms with Crippen LogP contribution in [0.15, 0.2) is 0 Å². The molecule has 1 unspecified atom stereocenters. The number of carbonyl (C=O) groups is 1. The maximum absolute atomic E-state index is 11.9. The van der Waals surface area contributed by atoms with Crippen LogP contribution in [0.4, 0.5) is 0 Å². The van der Waals surface area contributed by atoms with Crippen molar-refractivity contribution >= 4 is 5.91 Å². The molecule has 2 fully saturated rings. The summed E-state index contributed by atoms with van der Waals surface area (Å²) in [5.74, 6) is 0.969. The molecule has 1 aliphatic heterocycles. The van der Waals surface area contributed by atoms with E-state index in [0.717, 1.165) is 38.6 Å². The standard InChI is InChI=1S/C14H27N3O/c1-12(17-8-6-15-7-9-17)10-14(18)16-11-13-4-2-3-5-13/h12-13,15H,2-11H2,1H3,(H,16,18). The lowest BCUT2D eigenvalue weighted by Gasteiger charge is -2.32. The van der Waals surface area contributed by atoms with Crippen LogP contribution in [0.25, 0.3) is 0 Å². The molecule has 1 saturated heterocycles. The van der Waals surface area contributed by atoms with Gasteiger partial charge in [-0.3, -0.25) is 9.69 Å². The van der Waals surface area contributed by atoms with Crippen LogP contribution in [0.5, 0.6) is 0 Å². The zero-order chi connectivity index (χ0) is 12.8. The van der Waals surface area contributed by atoms with Crippen molar-refractivity contribution in [1.29, 1.82) is 0 Å².